The van der Waals surface area contributed by atoms with Crippen molar-refractivity contribution in [3.63, 3.8) is 0 Å². The van der Waals surface area contributed by atoms with E-state index in [-0.39, 0.29) is 6.61 Å². The summed E-state index contributed by atoms with van der Waals surface area (Å²) >= 11 is 0. The van der Waals surface area contributed by atoms with Crippen molar-refractivity contribution in [2.75, 3.05) is 13.7 Å². The topological polar surface area (TPSA) is 41.8 Å². The van der Waals surface area contributed by atoms with Gasteiger partial charge in [-0.1, -0.05) is 35.0 Å². The van der Waals surface area contributed by atoms with Crippen LogP contribution >= 0.6 is 0 Å². The molecule has 0 spiro atoms. The third-order valence-corrected chi connectivity index (χ3v) is 1.74. The molecule has 1 aromatic carbocycles. The number of hydrogen-bond acceptors (Lipinski definition) is 3. The quantitative estimate of drug-likeness (QED) is 0.562. The van der Waals surface area contributed by atoms with Crippen molar-refractivity contribution in [2.45, 2.75) is 6.92 Å². The highest BCUT2D eigenvalue weighted by Gasteiger charge is 2.01. The maximum atomic E-state index is 8.97. The Morgan fingerprint density at radius 3 is 2.46 bits per heavy atom. The van der Waals surface area contributed by atoms with E-state index in [0.717, 1.165) is 5.56 Å². The molecule has 0 saturated heterocycles. The van der Waals surface area contributed by atoms with Crippen LogP contribution in [0.4, 0.5) is 0 Å². The molecule has 0 aliphatic rings. The average molecular weight is 179 g/mol. The van der Waals surface area contributed by atoms with Gasteiger partial charge in [-0.3, -0.25) is 0 Å². The predicted molar refractivity (Wildman–Crippen MR) is 51.8 cm³/mol. The second-order valence-corrected chi connectivity index (χ2v) is 2.74. The van der Waals surface area contributed by atoms with Crippen molar-refractivity contribution in [2.24, 2.45) is 5.16 Å². The van der Waals surface area contributed by atoms with Crippen molar-refractivity contribution in [3.8, 4) is 0 Å². The lowest BCUT2D eigenvalue weighted by Crippen LogP contribution is -2.06. The number of aliphatic hydroxyl groups excluding tert-OH is 1. The monoisotopic (exact) mass is 179 g/mol. The zero-order valence-corrected chi connectivity index (χ0v) is 7.82. The van der Waals surface area contributed by atoms with Gasteiger partial charge in [-0.2, -0.15) is 0 Å². The molecule has 0 radical (unpaired) electrons. The van der Waals surface area contributed by atoms with Gasteiger partial charge in [0.2, 0.25) is 0 Å². The van der Waals surface area contributed by atoms with Crippen LogP contribution in [0.1, 0.15) is 11.1 Å². The van der Waals surface area contributed by atoms with E-state index in [1.165, 1.54) is 12.7 Å². The Morgan fingerprint density at radius 1 is 1.38 bits per heavy atom. The molecular formula is C10H13NO2. The fourth-order valence-electron chi connectivity index (χ4n) is 1.03. The van der Waals surface area contributed by atoms with Gasteiger partial charge in [0, 0.05) is 5.56 Å². The van der Waals surface area contributed by atoms with Crippen LogP contribution in [-0.4, -0.2) is 24.5 Å². The molecule has 1 rings (SSSR count). The number of aryl methyl sites for hydroxylation is 1. The fraction of sp³-hybridized carbons (Fsp3) is 0.300. The van der Waals surface area contributed by atoms with Crippen molar-refractivity contribution in [1.82, 2.24) is 0 Å². The summed E-state index contributed by atoms with van der Waals surface area (Å²) in [6.07, 6.45) is 0. The normalized spacial score (nSPS) is 11.5. The smallest absolute Gasteiger partial charge is 0.112 e. The summed E-state index contributed by atoms with van der Waals surface area (Å²) in [7, 11) is 1.46. The maximum absolute atomic E-state index is 8.97. The zero-order chi connectivity index (χ0) is 9.68. The number of aliphatic hydroxyl groups is 1. The molecule has 13 heavy (non-hydrogen) atoms. The summed E-state index contributed by atoms with van der Waals surface area (Å²) in [6, 6.07) is 7.75. The summed E-state index contributed by atoms with van der Waals surface area (Å²) < 4.78 is 0. The summed E-state index contributed by atoms with van der Waals surface area (Å²) in [4.78, 5) is 4.61. The van der Waals surface area contributed by atoms with Crippen LogP contribution < -0.4 is 0 Å². The van der Waals surface area contributed by atoms with Crippen molar-refractivity contribution >= 4 is 5.71 Å². The van der Waals surface area contributed by atoms with Crippen LogP contribution in [0.5, 0.6) is 0 Å². The van der Waals surface area contributed by atoms with Gasteiger partial charge in [-0.05, 0) is 6.92 Å². The Hall–Kier alpha value is -1.35. The lowest BCUT2D eigenvalue weighted by molar-refractivity contribution is 0.209. The minimum absolute atomic E-state index is 0.114. The summed E-state index contributed by atoms with van der Waals surface area (Å²) in [5.74, 6) is 0. The summed E-state index contributed by atoms with van der Waals surface area (Å²) in [6.45, 7) is 1.90. The van der Waals surface area contributed by atoms with Crippen LogP contribution in [0.3, 0.4) is 0 Å². The van der Waals surface area contributed by atoms with E-state index in [4.69, 9.17) is 5.11 Å². The molecule has 0 aliphatic carbocycles. The molecule has 0 unspecified atom stereocenters. The molecule has 3 heteroatoms. The van der Waals surface area contributed by atoms with Crippen LogP contribution in [0, 0.1) is 6.92 Å². The molecule has 70 valence electrons. The maximum Gasteiger partial charge on any atom is 0.112 e. The molecule has 0 saturated carbocycles. The number of benzene rings is 1. The minimum Gasteiger partial charge on any atom is -0.399 e. The van der Waals surface area contributed by atoms with Crippen molar-refractivity contribution in [1.29, 1.82) is 0 Å². The standard InChI is InChI=1S/C10H13NO2/c1-8-3-5-9(6-4-8)10(7-12)11-13-2/h3-6,12H,7H2,1-2H3/b11-10-. The molecule has 0 atom stereocenters. The molecule has 0 bridgehead atoms. The van der Waals surface area contributed by atoms with Crippen molar-refractivity contribution in [3.05, 3.63) is 35.4 Å². The minimum atomic E-state index is -0.114. The first-order chi connectivity index (χ1) is 6.27. The van der Waals surface area contributed by atoms with Gasteiger partial charge in [0.25, 0.3) is 0 Å². The highest BCUT2D eigenvalue weighted by atomic mass is 16.6. The van der Waals surface area contributed by atoms with Gasteiger partial charge in [0.15, 0.2) is 0 Å². The fourth-order valence-corrected chi connectivity index (χ4v) is 1.03. The molecule has 0 fully saturated rings. The number of hydrogen-bond donors (Lipinski definition) is 1. The second kappa shape index (κ2) is 4.62. The lowest BCUT2D eigenvalue weighted by Gasteiger charge is -2.02. The number of nitrogens with zero attached hydrogens (tertiary/aromatic N) is 1. The van der Waals surface area contributed by atoms with E-state index in [9.17, 15) is 0 Å². The summed E-state index contributed by atoms with van der Waals surface area (Å²) in [5.41, 5.74) is 2.61. The Kier molecular flexibility index (Phi) is 3.46. The van der Waals surface area contributed by atoms with E-state index in [1.54, 1.807) is 0 Å². The SMILES string of the molecule is CO/N=C(/CO)c1ccc(C)cc1. The van der Waals surface area contributed by atoms with Crippen LogP contribution in [0.15, 0.2) is 29.4 Å². The molecule has 0 amide bonds. The molecule has 0 aromatic heterocycles. The van der Waals surface area contributed by atoms with Gasteiger partial charge in [-0.15, -0.1) is 0 Å². The van der Waals surface area contributed by atoms with E-state index in [0.29, 0.717) is 5.71 Å². The first kappa shape index (κ1) is 9.74. The first-order valence-electron chi connectivity index (χ1n) is 4.06. The van der Waals surface area contributed by atoms with Gasteiger partial charge in [-0.25, -0.2) is 0 Å². The second-order valence-electron chi connectivity index (χ2n) is 2.74. The molecule has 1 aromatic rings. The van der Waals surface area contributed by atoms with Crippen LogP contribution in [-0.2, 0) is 4.84 Å². The Balaban J connectivity index is 2.92. The van der Waals surface area contributed by atoms with Crippen molar-refractivity contribution < 1.29 is 9.94 Å². The highest BCUT2D eigenvalue weighted by molar-refractivity contribution is 6.01. The molecule has 1 N–H and O–H groups in total. The Labute approximate surface area is 77.6 Å². The summed E-state index contributed by atoms with van der Waals surface area (Å²) in [5, 5.41) is 12.7. The molecule has 3 nitrogen and oxygen atoms in total. The molecule has 0 heterocycles. The van der Waals surface area contributed by atoms with Gasteiger partial charge in [0.1, 0.15) is 12.8 Å². The van der Waals surface area contributed by atoms with Crippen LogP contribution in [0.25, 0.3) is 0 Å². The van der Waals surface area contributed by atoms with Gasteiger partial charge >= 0.3 is 0 Å². The van der Waals surface area contributed by atoms with E-state index < -0.39 is 0 Å². The zero-order valence-electron chi connectivity index (χ0n) is 7.82. The number of rotatable bonds is 3. The largest absolute Gasteiger partial charge is 0.399 e. The lowest BCUT2D eigenvalue weighted by atomic mass is 10.1. The van der Waals surface area contributed by atoms with Crippen LogP contribution in [0.2, 0.25) is 0 Å². The Morgan fingerprint density at radius 2 is 2.00 bits per heavy atom. The Bertz CT molecular complexity index is 290. The van der Waals surface area contributed by atoms with Gasteiger partial charge in [0.05, 0.1) is 6.61 Å². The first-order valence-corrected chi connectivity index (χ1v) is 4.06. The highest BCUT2D eigenvalue weighted by Crippen LogP contribution is 2.04. The van der Waals surface area contributed by atoms with E-state index in [1.807, 2.05) is 31.2 Å². The van der Waals surface area contributed by atoms with Gasteiger partial charge < -0.3 is 9.94 Å². The predicted octanol–water partition coefficient (Wildman–Crippen LogP) is 1.34. The third-order valence-electron chi connectivity index (χ3n) is 1.74. The van der Waals surface area contributed by atoms with E-state index in [2.05, 4.69) is 9.99 Å². The average Bonchev–Trinajstić information content (AvgIpc) is 2.16. The third kappa shape index (κ3) is 2.56. The molecular weight excluding hydrogens is 166 g/mol. The molecule has 0 aliphatic heterocycles. The number of oxime groups is 1. The van der Waals surface area contributed by atoms with E-state index >= 15 is 0 Å².